The standard InChI is InChI=1S/C11H12ClN5O8S2.Na/c1-24-10(20)6-5(9(19)17(6)27(21,22)23)14-8(18)4(16-25-2)3-7(12)26-11(13)15-3;/h5-6H,1-2H3,(H2,13,15)(H,14,18)(H,21,22,23);/q;+1/p-1. The van der Waals surface area contributed by atoms with E-state index in [0.29, 0.717) is 0 Å². The number of nitrogens with zero attached hydrogens (tertiary/aromatic N) is 3. The maximum Gasteiger partial charge on any atom is 1.00 e. The van der Waals surface area contributed by atoms with Crippen LogP contribution in [0.4, 0.5) is 5.13 Å². The first-order chi connectivity index (χ1) is 12.5. The minimum atomic E-state index is -5.30. The summed E-state index contributed by atoms with van der Waals surface area (Å²) >= 11 is 6.75. The first-order valence-corrected chi connectivity index (χ1v) is 9.30. The number of hydrogen-bond acceptors (Lipinski definition) is 12. The van der Waals surface area contributed by atoms with Crippen LogP contribution >= 0.6 is 22.9 Å². The molecule has 0 spiro atoms. The average Bonchev–Trinajstić information content (AvgIpc) is 2.90. The summed E-state index contributed by atoms with van der Waals surface area (Å²) in [4.78, 5) is 44.5. The predicted octanol–water partition coefficient (Wildman–Crippen LogP) is -4.94. The second-order valence-electron chi connectivity index (χ2n) is 4.81. The van der Waals surface area contributed by atoms with Crippen LogP contribution in [0.3, 0.4) is 0 Å². The van der Waals surface area contributed by atoms with Gasteiger partial charge in [-0.1, -0.05) is 28.1 Å². The van der Waals surface area contributed by atoms with Gasteiger partial charge in [-0.2, -0.15) is 0 Å². The second-order valence-corrected chi connectivity index (χ2v) is 7.69. The Morgan fingerprint density at radius 1 is 1.43 bits per heavy atom. The Labute approximate surface area is 189 Å². The van der Waals surface area contributed by atoms with Gasteiger partial charge in [-0.25, -0.2) is 22.5 Å². The Balaban J connectivity index is 0.00000392. The molecule has 0 saturated carbocycles. The van der Waals surface area contributed by atoms with E-state index >= 15 is 0 Å². The van der Waals surface area contributed by atoms with E-state index < -0.39 is 45.9 Å². The van der Waals surface area contributed by atoms with Crippen LogP contribution in [0.15, 0.2) is 5.16 Å². The van der Waals surface area contributed by atoms with Crippen molar-refractivity contribution in [2.75, 3.05) is 20.0 Å². The molecule has 2 amide bonds. The molecule has 17 heteroatoms. The number of nitrogen functional groups attached to an aromatic ring is 1. The van der Waals surface area contributed by atoms with E-state index in [-0.39, 0.29) is 49.0 Å². The fourth-order valence-electron chi connectivity index (χ4n) is 2.16. The van der Waals surface area contributed by atoms with Crippen molar-refractivity contribution in [3.05, 3.63) is 10.0 Å². The largest absolute Gasteiger partial charge is 1.00 e. The van der Waals surface area contributed by atoms with E-state index in [9.17, 15) is 27.4 Å². The van der Waals surface area contributed by atoms with Crippen molar-refractivity contribution >= 4 is 61.9 Å². The van der Waals surface area contributed by atoms with Crippen molar-refractivity contribution in [1.82, 2.24) is 14.6 Å². The van der Waals surface area contributed by atoms with Gasteiger partial charge in [0.25, 0.3) is 11.8 Å². The maximum atomic E-state index is 12.4. The fourth-order valence-corrected chi connectivity index (χ4v) is 3.91. The van der Waals surface area contributed by atoms with Crippen LogP contribution in [-0.4, -0.2) is 72.1 Å². The van der Waals surface area contributed by atoms with Crippen LogP contribution < -0.4 is 40.6 Å². The summed E-state index contributed by atoms with van der Waals surface area (Å²) in [5, 5.41) is 5.54. The van der Waals surface area contributed by atoms with Gasteiger partial charge >= 0.3 is 35.5 Å². The van der Waals surface area contributed by atoms with Crippen molar-refractivity contribution < 1.29 is 66.5 Å². The fraction of sp³-hybridized carbons (Fsp3) is 0.364. The van der Waals surface area contributed by atoms with Gasteiger partial charge in [0.15, 0.2) is 27.2 Å². The van der Waals surface area contributed by atoms with Gasteiger partial charge < -0.3 is 25.2 Å². The first-order valence-electron chi connectivity index (χ1n) is 6.74. The molecule has 1 saturated heterocycles. The number of ether oxygens (including phenoxy) is 1. The van der Waals surface area contributed by atoms with Crippen molar-refractivity contribution in [3.8, 4) is 0 Å². The van der Waals surface area contributed by atoms with Crippen molar-refractivity contribution in [2.45, 2.75) is 12.1 Å². The maximum absolute atomic E-state index is 12.4. The number of anilines is 1. The van der Waals surface area contributed by atoms with Crippen LogP contribution in [-0.2, 0) is 34.3 Å². The summed E-state index contributed by atoms with van der Waals surface area (Å²) in [5.74, 6) is -3.63. The Hall–Kier alpha value is -1.49. The Kier molecular flexibility index (Phi) is 8.19. The number of β-lactam (4-membered cyclic amide) rings is 1. The van der Waals surface area contributed by atoms with Crippen LogP contribution in [0.25, 0.3) is 0 Å². The summed E-state index contributed by atoms with van der Waals surface area (Å²) in [5.41, 5.74) is 4.84. The summed E-state index contributed by atoms with van der Waals surface area (Å²) in [6, 6.07) is -3.56. The average molecular weight is 464 g/mol. The minimum absolute atomic E-state index is 0. The van der Waals surface area contributed by atoms with E-state index in [1.165, 1.54) is 0 Å². The molecular weight excluding hydrogens is 453 g/mol. The van der Waals surface area contributed by atoms with Crippen LogP contribution in [0.1, 0.15) is 5.69 Å². The number of aromatic nitrogens is 1. The third kappa shape index (κ3) is 4.73. The molecule has 1 aromatic rings. The third-order valence-electron chi connectivity index (χ3n) is 3.25. The number of methoxy groups -OCH3 is 1. The van der Waals surface area contributed by atoms with E-state index in [4.69, 9.17) is 17.3 Å². The molecule has 3 N–H and O–H groups in total. The summed E-state index contributed by atoms with van der Waals surface area (Å²) in [7, 11) is -3.26. The number of oxime groups is 1. The molecule has 0 aromatic carbocycles. The number of carbonyl (C=O) groups is 3. The summed E-state index contributed by atoms with van der Waals surface area (Å²) < 4.78 is 37.5. The summed E-state index contributed by atoms with van der Waals surface area (Å²) in [6.45, 7) is 0. The SMILES string of the molecule is CON=C(C(=O)NC1C(=O)N(S(=O)(=O)[O-])C1C(=O)OC)c1nc(N)sc1Cl.[Na+]. The van der Waals surface area contributed by atoms with Crippen LogP contribution in [0.2, 0.25) is 4.34 Å². The normalized spacial score (nSPS) is 19.4. The molecule has 0 radical (unpaired) electrons. The topological polar surface area (TPSA) is 193 Å². The summed E-state index contributed by atoms with van der Waals surface area (Å²) in [6.07, 6.45) is 0. The smallest absolute Gasteiger partial charge is 0.731 e. The Bertz CT molecular complexity index is 935. The number of amides is 2. The number of esters is 1. The Morgan fingerprint density at radius 3 is 2.46 bits per heavy atom. The van der Waals surface area contributed by atoms with Crippen molar-refractivity contribution in [2.24, 2.45) is 5.16 Å². The number of nitrogens with two attached hydrogens (primary N) is 1. The molecule has 1 aromatic heterocycles. The molecule has 1 fully saturated rings. The number of carbonyl (C=O) groups excluding carboxylic acids is 3. The van der Waals surface area contributed by atoms with E-state index in [1.807, 2.05) is 0 Å². The zero-order valence-electron chi connectivity index (χ0n) is 14.5. The molecule has 2 rings (SSSR count). The number of halogens is 1. The molecule has 13 nitrogen and oxygen atoms in total. The number of nitrogens with one attached hydrogen (secondary N) is 1. The molecule has 148 valence electrons. The van der Waals surface area contributed by atoms with Gasteiger partial charge in [-0.15, -0.1) is 0 Å². The van der Waals surface area contributed by atoms with Gasteiger partial charge in [0.1, 0.15) is 23.2 Å². The van der Waals surface area contributed by atoms with E-state index in [0.717, 1.165) is 25.6 Å². The molecule has 0 bridgehead atoms. The van der Waals surface area contributed by atoms with Crippen LogP contribution in [0.5, 0.6) is 0 Å². The molecule has 2 unspecified atom stereocenters. The molecule has 2 heterocycles. The van der Waals surface area contributed by atoms with Gasteiger partial charge in [0.05, 0.1) is 7.11 Å². The van der Waals surface area contributed by atoms with Gasteiger partial charge in [-0.05, 0) is 0 Å². The van der Waals surface area contributed by atoms with Crippen molar-refractivity contribution in [3.63, 3.8) is 0 Å². The van der Waals surface area contributed by atoms with E-state index in [1.54, 1.807) is 0 Å². The number of rotatable bonds is 6. The molecule has 1 aliphatic rings. The third-order valence-corrected chi connectivity index (χ3v) is 5.22. The van der Waals surface area contributed by atoms with Gasteiger partial charge in [0, 0.05) is 0 Å². The number of thiazole rings is 1. The second kappa shape index (κ2) is 9.34. The van der Waals surface area contributed by atoms with Gasteiger partial charge in [0.2, 0.25) is 0 Å². The zero-order valence-corrected chi connectivity index (χ0v) is 18.9. The molecule has 2 atom stereocenters. The molecule has 1 aliphatic heterocycles. The molecular formula is C11H11ClN5NaO8S2. The van der Waals surface area contributed by atoms with Crippen molar-refractivity contribution in [1.29, 1.82) is 0 Å². The monoisotopic (exact) mass is 463 g/mol. The minimum Gasteiger partial charge on any atom is -0.731 e. The number of hydrogen-bond donors (Lipinski definition) is 2. The predicted molar refractivity (Wildman–Crippen MR) is 89.4 cm³/mol. The molecule has 0 aliphatic carbocycles. The molecule has 28 heavy (non-hydrogen) atoms. The Morgan fingerprint density at radius 2 is 2.04 bits per heavy atom. The first kappa shape index (κ1) is 24.5. The van der Waals surface area contributed by atoms with E-state index in [2.05, 4.69) is 25.0 Å². The zero-order chi connectivity index (χ0) is 20.5. The van der Waals surface area contributed by atoms with Gasteiger partial charge in [-0.3, -0.25) is 9.59 Å². The van der Waals surface area contributed by atoms with Crippen LogP contribution in [0, 0.1) is 0 Å². The quantitative estimate of drug-likeness (QED) is 0.103.